The van der Waals surface area contributed by atoms with Crippen LogP contribution in [-0.4, -0.2) is 30.0 Å². The summed E-state index contributed by atoms with van der Waals surface area (Å²) in [7, 11) is 0. The molecule has 6 nitrogen and oxygen atoms in total. The molecule has 1 N–H and O–H groups in total. The van der Waals surface area contributed by atoms with Crippen LogP contribution in [0.5, 0.6) is 0 Å². The van der Waals surface area contributed by atoms with Crippen LogP contribution in [0.1, 0.15) is 5.56 Å². The van der Waals surface area contributed by atoms with Crippen LogP contribution in [0.25, 0.3) is 0 Å². The number of hydrogen-bond donors (Lipinski definition) is 1. The van der Waals surface area contributed by atoms with Crippen LogP contribution in [-0.2, 0) is 4.79 Å². The van der Waals surface area contributed by atoms with Gasteiger partial charge in [-0.2, -0.15) is 15.3 Å². The second-order valence-corrected chi connectivity index (χ2v) is 3.52. The first-order valence-electron chi connectivity index (χ1n) is 4.92. The predicted octanol–water partition coefficient (Wildman–Crippen LogP) is 1.03. The molecule has 0 fully saturated rings. The van der Waals surface area contributed by atoms with E-state index in [4.69, 9.17) is 0 Å². The van der Waals surface area contributed by atoms with E-state index >= 15 is 0 Å². The number of amides is 1. The molecule has 3 rings (SSSR count). The molecule has 2 heterocycles. The average Bonchev–Trinajstić information content (AvgIpc) is 2.89. The average molecular weight is 215 g/mol. The van der Waals surface area contributed by atoms with Crippen molar-refractivity contribution in [1.29, 1.82) is 0 Å². The van der Waals surface area contributed by atoms with Crippen molar-refractivity contribution in [2.24, 2.45) is 15.3 Å². The Hall–Kier alpha value is -2.24. The Balaban J connectivity index is 1.98. The minimum atomic E-state index is -0.173. The smallest absolute Gasteiger partial charge is 0.276 e. The van der Waals surface area contributed by atoms with Crippen LogP contribution in [0.15, 0.2) is 39.6 Å². The lowest BCUT2D eigenvalue weighted by molar-refractivity contribution is -0.110. The van der Waals surface area contributed by atoms with Crippen LogP contribution < -0.4 is 5.32 Å². The number of carbonyl (C=O) groups is 1. The first-order valence-corrected chi connectivity index (χ1v) is 4.92. The van der Waals surface area contributed by atoms with Crippen molar-refractivity contribution in [2.45, 2.75) is 0 Å². The summed E-state index contributed by atoms with van der Waals surface area (Å²) >= 11 is 0. The highest BCUT2D eigenvalue weighted by Gasteiger charge is 2.26. The van der Waals surface area contributed by atoms with Crippen LogP contribution in [0.3, 0.4) is 0 Å². The van der Waals surface area contributed by atoms with Gasteiger partial charge >= 0.3 is 0 Å². The molecule has 2 aliphatic rings. The van der Waals surface area contributed by atoms with Gasteiger partial charge in [-0.15, -0.1) is 0 Å². The molecule has 0 bridgehead atoms. The Morgan fingerprint density at radius 3 is 2.81 bits per heavy atom. The van der Waals surface area contributed by atoms with E-state index in [2.05, 4.69) is 20.6 Å². The van der Waals surface area contributed by atoms with E-state index in [1.54, 1.807) is 5.01 Å². The van der Waals surface area contributed by atoms with Crippen LogP contribution >= 0.6 is 0 Å². The van der Waals surface area contributed by atoms with E-state index in [-0.39, 0.29) is 5.91 Å². The molecule has 6 heteroatoms. The number of anilines is 1. The number of fused-ring (bicyclic) bond motifs is 1. The van der Waals surface area contributed by atoms with Crippen molar-refractivity contribution < 1.29 is 4.79 Å². The molecule has 0 unspecified atom stereocenters. The molecule has 16 heavy (non-hydrogen) atoms. The quantitative estimate of drug-likeness (QED) is 0.760. The van der Waals surface area contributed by atoms with Crippen molar-refractivity contribution in [3.63, 3.8) is 0 Å². The maximum absolute atomic E-state index is 11.7. The minimum absolute atomic E-state index is 0.173. The SMILES string of the molecule is O=C1Nc2ccccc2/C1=N\N1CN=NC1. The van der Waals surface area contributed by atoms with Gasteiger partial charge in [-0.1, -0.05) is 18.2 Å². The lowest BCUT2D eigenvalue weighted by Gasteiger charge is -2.07. The summed E-state index contributed by atoms with van der Waals surface area (Å²) in [6, 6.07) is 7.49. The van der Waals surface area contributed by atoms with Gasteiger partial charge in [-0.3, -0.25) is 4.79 Å². The first kappa shape index (κ1) is 9.02. The van der Waals surface area contributed by atoms with Crippen LogP contribution in [0.4, 0.5) is 5.69 Å². The summed E-state index contributed by atoms with van der Waals surface area (Å²) in [6.07, 6.45) is 0. The molecular weight excluding hydrogens is 206 g/mol. The summed E-state index contributed by atoms with van der Waals surface area (Å²) in [5.74, 6) is -0.173. The van der Waals surface area contributed by atoms with E-state index in [9.17, 15) is 4.79 Å². The molecule has 1 aromatic rings. The van der Waals surface area contributed by atoms with Gasteiger partial charge < -0.3 is 5.32 Å². The van der Waals surface area contributed by atoms with E-state index in [0.29, 0.717) is 19.0 Å². The Morgan fingerprint density at radius 1 is 1.25 bits per heavy atom. The third kappa shape index (κ3) is 1.35. The fourth-order valence-electron chi connectivity index (χ4n) is 1.69. The van der Waals surface area contributed by atoms with Crippen molar-refractivity contribution >= 4 is 17.3 Å². The number of hydrogen-bond acceptors (Lipinski definition) is 5. The molecular formula is C10H9N5O. The highest BCUT2D eigenvalue weighted by Crippen LogP contribution is 2.23. The molecule has 1 aromatic carbocycles. The lowest BCUT2D eigenvalue weighted by Crippen LogP contribution is -2.21. The molecule has 0 saturated heterocycles. The van der Waals surface area contributed by atoms with Gasteiger partial charge in [0, 0.05) is 5.56 Å². The number of carbonyl (C=O) groups excluding carboxylic acids is 1. The Morgan fingerprint density at radius 2 is 2.00 bits per heavy atom. The van der Waals surface area contributed by atoms with E-state index in [1.165, 1.54) is 0 Å². The molecule has 0 spiro atoms. The molecule has 2 aliphatic heterocycles. The summed E-state index contributed by atoms with van der Waals surface area (Å²) in [5.41, 5.74) is 2.07. The molecule has 0 atom stereocenters. The Labute approximate surface area is 91.7 Å². The van der Waals surface area contributed by atoms with Gasteiger partial charge in [0.05, 0.1) is 5.69 Å². The van der Waals surface area contributed by atoms with Gasteiger partial charge in [-0.05, 0) is 6.07 Å². The number of rotatable bonds is 1. The molecule has 0 radical (unpaired) electrons. The molecule has 1 amide bonds. The topological polar surface area (TPSA) is 69.4 Å². The van der Waals surface area contributed by atoms with Gasteiger partial charge in [0.25, 0.3) is 5.91 Å². The van der Waals surface area contributed by atoms with Crippen molar-refractivity contribution in [3.05, 3.63) is 29.8 Å². The first-order chi connectivity index (χ1) is 7.84. The number of hydrazone groups is 1. The zero-order valence-corrected chi connectivity index (χ0v) is 8.42. The normalized spacial score (nSPS) is 20.4. The van der Waals surface area contributed by atoms with E-state index in [1.807, 2.05) is 24.3 Å². The second-order valence-electron chi connectivity index (χ2n) is 3.52. The number of nitrogens with zero attached hydrogens (tertiary/aromatic N) is 4. The van der Waals surface area contributed by atoms with Gasteiger partial charge in [0.15, 0.2) is 5.71 Å². The highest BCUT2D eigenvalue weighted by molar-refractivity contribution is 6.53. The van der Waals surface area contributed by atoms with Gasteiger partial charge in [0.1, 0.15) is 13.3 Å². The van der Waals surface area contributed by atoms with E-state index < -0.39 is 0 Å². The summed E-state index contributed by atoms with van der Waals surface area (Å²) in [6.45, 7) is 0.831. The third-order valence-corrected chi connectivity index (χ3v) is 2.44. The minimum Gasteiger partial charge on any atom is -0.320 e. The molecule has 80 valence electrons. The standard InChI is InChI=1S/C10H9N5O/c16-10-9(14-15-5-11-12-6-15)7-3-1-2-4-8(7)13-10/h1-4H,5-6H2,(H,13,14,16). The number of nitrogens with one attached hydrogen (secondary N) is 1. The summed E-state index contributed by atoms with van der Waals surface area (Å²) < 4.78 is 0. The fraction of sp³-hybridized carbons (Fsp3) is 0.200. The largest absolute Gasteiger partial charge is 0.320 e. The maximum Gasteiger partial charge on any atom is 0.276 e. The number of benzene rings is 1. The van der Waals surface area contributed by atoms with Crippen molar-refractivity contribution in [2.75, 3.05) is 18.7 Å². The van der Waals surface area contributed by atoms with Crippen LogP contribution in [0.2, 0.25) is 0 Å². The van der Waals surface area contributed by atoms with Crippen molar-refractivity contribution in [3.8, 4) is 0 Å². The van der Waals surface area contributed by atoms with Crippen LogP contribution in [0, 0.1) is 0 Å². The van der Waals surface area contributed by atoms with Crippen molar-refractivity contribution in [1.82, 2.24) is 5.01 Å². The van der Waals surface area contributed by atoms with E-state index in [0.717, 1.165) is 11.3 Å². The Kier molecular flexibility index (Phi) is 1.92. The second kappa shape index (κ2) is 3.41. The predicted molar refractivity (Wildman–Crippen MR) is 58.0 cm³/mol. The lowest BCUT2D eigenvalue weighted by atomic mass is 10.1. The Bertz CT molecular complexity index is 500. The maximum atomic E-state index is 11.7. The third-order valence-electron chi connectivity index (χ3n) is 2.44. The van der Waals surface area contributed by atoms with Gasteiger partial charge in [0.2, 0.25) is 0 Å². The number of para-hydroxylation sites is 1. The molecule has 0 aromatic heterocycles. The summed E-state index contributed by atoms with van der Waals surface area (Å²) in [4.78, 5) is 11.7. The number of azo groups is 1. The molecule has 0 saturated carbocycles. The zero-order chi connectivity index (χ0) is 11.0. The highest BCUT2D eigenvalue weighted by atomic mass is 16.2. The fourth-order valence-corrected chi connectivity index (χ4v) is 1.69. The summed E-state index contributed by atoms with van der Waals surface area (Å²) in [5, 5.41) is 16.3. The molecule has 0 aliphatic carbocycles. The van der Waals surface area contributed by atoms with Gasteiger partial charge in [-0.25, -0.2) is 5.01 Å². The zero-order valence-electron chi connectivity index (χ0n) is 8.42. The monoisotopic (exact) mass is 215 g/mol.